The topological polar surface area (TPSA) is 38.3 Å². The lowest BCUT2D eigenvalue weighted by Crippen LogP contribution is -2.15. The van der Waals surface area contributed by atoms with E-state index in [0.717, 1.165) is 5.56 Å². The molecule has 0 unspecified atom stereocenters. The Labute approximate surface area is 129 Å². The fraction of sp³-hybridized carbons (Fsp3) is 0.235. The normalized spacial score (nSPS) is 10.5. The Morgan fingerprint density at radius 2 is 1.90 bits per heavy atom. The largest absolute Gasteiger partial charge is 0.490 e. The van der Waals surface area contributed by atoms with Crippen molar-refractivity contribution < 1.29 is 9.53 Å². The fourth-order valence-electron chi connectivity index (χ4n) is 1.88. The minimum atomic E-state index is -0.217. The maximum atomic E-state index is 12.4. The second kappa shape index (κ2) is 6.64. The van der Waals surface area contributed by atoms with Gasteiger partial charge < -0.3 is 10.1 Å². The van der Waals surface area contributed by atoms with E-state index < -0.39 is 0 Å². The van der Waals surface area contributed by atoms with Crippen molar-refractivity contribution in [1.29, 1.82) is 0 Å². The predicted octanol–water partition coefficient (Wildman–Crippen LogP) is 4.69. The molecule has 110 valence electrons. The molecular formula is C17H18ClNO2. The number of rotatable bonds is 4. The van der Waals surface area contributed by atoms with Crippen LogP contribution in [0.1, 0.15) is 29.8 Å². The number of halogens is 1. The molecule has 0 fully saturated rings. The molecule has 2 rings (SSSR count). The smallest absolute Gasteiger partial charge is 0.259 e. The molecule has 2 aromatic rings. The summed E-state index contributed by atoms with van der Waals surface area (Å²) in [5.41, 5.74) is 2.14. The first kappa shape index (κ1) is 15.4. The summed E-state index contributed by atoms with van der Waals surface area (Å²) in [5.74, 6) is 0.356. The SMILES string of the molecule is Cc1ccc(NC(=O)c2ccccc2OC(C)C)cc1Cl. The van der Waals surface area contributed by atoms with E-state index in [4.69, 9.17) is 16.3 Å². The first-order valence-corrected chi connectivity index (χ1v) is 7.18. The van der Waals surface area contributed by atoms with Crippen molar-refractivity contribution in [2.75, 3.05) is 5.32 Å². The minimum absolute atomic E-state index is 0.00719. The van der Waals surface area contributed by atoms with Crippen LogP contribution in [0, 0.1) is 6.92 Å². The van der Waals surface area contributed by atoms with Gasteiger partial charge in [-0.25, -0.2) is 0 Å². The molecule has 1 amide bonds. The zero-order chi connectivity index (χ0) is 15.4. The highest BCUT2D eigenvalue weighted by Crippen LogP contribution is 2.23. The maximum Gasteiger partial charge on any atom is 0.259 e. The summed E-state index contributed by atoms with van der Waals surface area (Å²) >= 11 is 6.07. The molecule has 0 aromatic heterocycles. The van der Waals surface area contributed by atoms with E-state index in [9.17, 15) is 4.79 Å². The van der Waals surface area contributed by atoms with Gasteiger partial charge in [0, 0.05) is 10.7 Å². The summed E-state index contributed by atoms with van der Waals surface area (Å²) in [6, 6.07) is 12.6. The molecule has 0 aliphatic carbocycles. The molecular weight excluding hydrogens is 286 g/mol. The molecule has 0 aliphatic heterocycles. The fourth-order valence-corrected chi connectivity index (χ4v) is 2.06. The van der Waals surface area contributed by atoms with Crippen molar-refractivity contribution >= 4 is 23.2 Å². The highest BCUT2D eigenvalue weighted by atomic mass is 35.5. The molecule has 0 aliphatic rings. The Morgan fingerprint density at radius 3 is 2.57 bits per heavy atom. The van der Waals surface area contributed by atoms with E-state index in [-0.39, 0.29) is 12.0 Å². The van der Waals surface area contributed by atoms with E-state index in [1.807, 2.05) is 45.0 Å². The summed E-state index contributed by atoms with van der Waals surface area (Å²) in [5, 5.41) is 3.46. The van der Waals surface area contributed by atoms with Gasteiger partial charge in [0.2, 0.25) is 0 Å². The number of hydrogen-bond donors (Lipinski definition) is 1. The molecule has 0 bridgehead atoms. The second-order valence-electron chi connectivity index (χ2n) is 5.08. The predicted molar refractivity (Wildman–Crippen MR) is 86.3 cm³/mol. The Morgan fingerprint density at radius 1 is 1.19 bits per heavy atom. The van der Waals surface area contributed by atoms with Crippen LogP contribution < -0.4 is 10.1 Å². The highest BCUT2D eigenvalue weighted by Gasteiger charge is 2.13. The van der Waals surface area contributed by atoms with Crippen molar-refractivity contribution in [3.63, 3.8) is 0 Å². The number of carbonyl (C=O) groups is 1. The number of amides is 1. The van der Waals surface area contributed by atoms with Gasteiger partial charge in [0.1, 0.15) is 5.75 Å². The summed E-state index contributed by atoms with van der Waals surface area (Å²) in [7, 11) is 0. The Balaban J connectivity index is 2.22. The second-order valence-corrected chi connectivity index (χ2v) is 5.49. The van der Waals surface area contributed by atoms with E-state index in [2.05, 4.69) is 5.32 Å². The lowest BCUT2D eigenvalue weighted by atomic mass is 10.1. The first-order chi connectivity index (χ1) is 9.97. The van der Waals surface area contributed by atoms with Gasteiger partial charge in [-0.1, -0.05) is 29.8 Å². The zero-order valence-corrected chi connectivity index (χ0v) is 13.1. The number of benzene rings is 2. The molecule has 0 heterocycles. The molecule has 1 N–H and O–H groups in total. The molecule has 2 aromatic carbocycles. The standard InChI is InChI=1S/C17H18ClNO2/c1-11(2)21-16-7-5-4-6-14(16)17(20)19-13-9-8-12(3)15(18)10-13/h4-11H,1-3H3,(H,19,20). The third-order valence-electron chi connectivity index (χ3n) is 2.92. The van der Waals surface area contributed by atoms with Crippen LogP contribution in [0.4, 0.5) is 5.69 Å². The maximum absolute atomic E-state index is 12.4. The van der Waals surface area contributed by atoms with Crippen LogP contribution in [0.5, 0.6) is 5.75 Å². The lowest BCUT2D eigenvalue weighted by molar-refractivity contribution is 0.102. The van der Waals surface area contributed by atoms with Gasteiger partial charge in [-0.3, -0.25) is 4.79 Å². The number of carbonyl (C=O) groups excluding carboxylic acids is 1. The molecule has 0 saturated heterocycles. The van der Waals surface area contributed by atoms with Crippen LogP contribution in [0.2, 0.25) is 5.02 Å². The van der Waals surface area contributed by atoms with Crippen LogP contribution in [0.15, 0.2) is 42.5 Å². The van der Waals surface area contributed by atoms with Crippen molar-refractivity contribution in [2.24, 2.45) is 0 Å². The number of hydrogen-bond acceptors (Lipinski definition) is 2. The quantitative estimate of drug-likeness (QED) is 0.890. The van der Waals surface area contributed by atoms with Gasteiger partial charge in [0.05, 0.1) is 11.7 Å². The third-order valence-corrected chi connectivity index (χ3v) is 3.33. The summed E-state index contributed by atoms with van der Waals surface area (Å²) in [4.78, 5) is 12.4. The van der Waals surface area contributed by atoms with Crippen LogP contribution in [0.25, 0.3) is 0 Å². The van der Waals surface area contributed by atoms with Crippen LogP contribution >= 0.6 is 11.6 Å². The molecule has 21 heavy (non-hydrogen) atoms. The van der Waals surface area contributed by atoms with Crippen LogP contribution in [-0.4, -0.2) is 12.0 Å². The Bertz CT molecular complexity index is 653. The van der Waals surface area contributed by atoms with Crippen molar-refractivity contribution in [2.45, 2.75) is 26.9 Å². The minimum Gasteiger partial charge on any atom is -0.490 e. The Hall–Kier alpha value is -2.00. The first-order valence-electron chi connectivity index (χ1n) is 6.80. The number of ether oxygens (including phenoxy) is 1. The third kappa shape index (κ3) is 3.99. The number of aryl methyl sites for hydroxylation is 1. The van der Waals surface area contributed by atoms with Gasteiger partial charge in [-0.2, -0.15) is 0 Å². The van der Waals surface area contributed by atoms with Crippen molar-refractivity contribution in [3.05, 3.63) is 58.6 Å². The molecule has 4 heteroatoms. The summed E-state index contributed by atoms with van der Waals surface area (Å²) in [6.07, 6.45) is 0.00719. The van der Waals surface area contributed by atoms with Crippen LogP contribution in [0.3, 0.4) is 0 Å². The average molecular weight is 304 g/mol. The zero-order valence-electron chi connectivity index (χ0n) is 12.3. The van der Waals surface area contributed by atoms with Crippen LogP contribution in [-0.2, 0) is 0 Å². The monoisotopic (exact) mass is 303 g/mol. The molecule has 0 saturated carbocycles. The molecule has 0 spiro atoms. The van der Waals surface area contributed by atoms with E-state index in [1.54, 1.807) is 18.2 Å². The van der Waals surface area contributed by atoms with Crippen molar-refractivity contribution in [3.8, 4) is 5.75 Å². The van der Waals surface area contributed by atoms with Gasteiger partial charge >= 0.3 is 0 Å². The molecule has 3 nitrogen and oxygen atoms in total. The summed E-state index contributed by atoms with van der Waals surface area (Å²) < 4.78 is 5.66. The number of anilines is 1. The van der Waals surface area contributed by atoms with Crippen molar-refractivity contribution in [1.82, 2.24) is 0 Å². The number of para-hydroxylation sites is 1. The van der Waals surface area contributed by atoms with Gasteiger partial charge in [-0.05, 0) is 50.6 Å². The number of nitrogens with one attached hydrogen (secondary N) is 1. The summed E-state index contributed by atoms with van der Waals surface area (Å²) in [6.45, 7) is 5.77. The average Bonchev–Trinajstić information content (AvgIpc) is 2.43. The van der Waals surface area contributed by atoms with Gasteiger partial charge in [0.15, 0.2) is 0 Å². The highest BCUT2D eigenvalue weighted by molar-refractivity contribution is 6.31. The van der Waals surface area contributed by atoms with E-state index in [0.29, 0.717) is 22.0 Å². The van der Waals surface area contributed by atoms with Gasteiger partial charge in [0.25, 0.3) is 5.91 Å². The lowest BCUT2D eigenvalue weighted by Gasteiger charge is -2.14. The van der Waals surface area contributed by atoms with E-state index in [1.165, 1.54) is 0 Å². The van der Waals surface area contributed by atoms with E-state index >= 15 is 0 Å². The van der Waals surface area contributed by atoms with Gasteiger partial charge in [-0.15, -0.1) is 0 Å². The molecule has 0 atom stereocenters. The Kier molecular flexibility index (Phi) is 4.86. The molecule has 0 radical (unpaired) electrons.